The van der Waals surface area contributed by atoms with Crippen LogP contribution in [0.25, 0.3) is 10.8 Å². The van der Waals surface area contributed by atoms with E-state index < -0.39 is 11.9 Å². The predicted octanol–water partition coefficient (Wildman–Crippen LogP) is 2.19. The minimum Gasteiger partial charge on any atom is -0.496 e. The van der Waals surface area contributed by atoms with Crippen LogP contribution >= 0.6 is 0 Å². The molecule has 0 radical (unpaired) electrons. The second kappa shape index (κ2) is 6.80. The molecule has 0 heterocycles. The van der Waals surface area contributed by atoms with Crippen LogP contribution in [-0.2, 0) is 14.3 Å². The van der Waals surface area contributed by atoms with Gasteiger partial charge in [0.25, 0.3) is 0 Å². The van der Waals surface area contributed by atoms with Crippen molar-refractivity contribution in [2.45, 2.75) is 0 Å². The lowest BCUT2D eigenvalue weighted by molar-refractivity contribution is -0.142. The first kappa shape index (κ1) is 15.6. The summed E-state index contributed by atoms with van der Waals surface area (Å²) in [6, 6.07) is 8.48. The van der Waals surface area contributed by atoms with Crippen LogP contribution in [0, 0.1) is 0 Å². The third-order valence-electron chi connectivity index (χ3n) is 3.16. The van der Waals surface area contributed by atoms with Gasteiger partial charge in [0.15, 0.2) is 6.61 Å². The topological polar surface area (TPSA) is 71.1 Å². The van der Waals surface area contributed by atoms with Gasteiger partial charge in [0, 0.05) is 10.8 Å². The van der Waals surface area contributed by atoms with E-state index in [0.29, 0.717) is 27.8 Å². The molecule has 2 rings (SSSR count). The summed E-state index contributed by atoms with van der Waals surface area (Å²) in [5.41, 5.74) is 0.332. The summed E-state index contributed by atoms with van der Waals surface area (Å²) < 4.78 is 20.1. The monoisotopic (exact) mass is 304 g/mol. The first-order valence-corrected chi connectivity index (χ1v) is 6.50. The van der Waals surface area contributed by atoms with Crippen LogP contribution in [-0.4, -0.2) is 39.9 Å². The van der Waals surface area contributed by atoms with E-state index in [1.165, 1.54) is 21.3 Å². The normalized spacial score (nSPS) is 10.1. The maximum Gasteiger partial charge on any atom is 0.343 e. The molecule has 2 aromatic rings. The number of benzene rings is 2. The Balaban J connectivity index is 2.60. The highest BCUT2D eigenvalue weighted by Crippen LogP contribution is 2.35. The molecule has 6 heteroatoms. The molecular formula is C16H16O6. The molecule has 116 valence electrons. The lowest BCUT2D eigenvalue weighted by atomic mass is 10.0. The van der Waals surface area contributed by atoms with Crippen molar-refractivity contribution in [1.82, 2.24) is 0 Å². The Morgan fingerprint density at radius 2 is 1.73 bits per heavy atom. The Morgan fingerprint density at radius 1 is 0.955 bits per heavy atom. The van der Waals surface area contributed by atoms with Gasteiger partial charge in [0.2, 0.25) is 0 Å². The molecule has 0 aromatic heterocycles. The first-order valence-electron chi connectivity index (χ1n) is 6.50. The van der Waals surface area contributed by atoms with Gasteiger partial charge in [-0.05, 0) is 18.2 Å². The second-order valence-corrected chi connectivity index (χ2v) is 4.35. The molecule has 0 aliphatic rings. The van der Waals surface area contributed by atoms with Gasteiger partial charge in [-0.3, -0.25) is 0 Å². The second-order valence-electron chi connectivity index (χ2n) is 4.35. The Morgan fingerprint density at radius 3 is 2.36 bits per heavy atom. The Labute approximate surface area is 127 Å². The molecule has 0 saturated carbocycles. The van der Waals surface area contributed by atoms with E-state index in [4.69, 9.17) is 14.2 Å². The van der Waals surface area contributed by atoms with E-state index >= 15 is 0 Å². The van der Waals surface area contributed by atoms with Crippen molar-refractivity contribution in [3.8, 4) is 11.5 Å². The number of esters is 2. The van der Waals surface area contributed by atoms with Gasteiger partial charge in [-0.15, -0.1) is 0 Å². The minimum absolute atomic E-state index is 0.257. The fourth-order valence-electron chi connectivity index (χ4n) is 2.12. The summed E-state index contributed by atoms with van der Waals surface area (Å²) >= 11 is 0. The number of hydrogen-bond donors (Lipinski definition) is 0. The average Bonchev–Trinajstić information content (AvgIpc) is 2.57. The standard InChI is InChI=1S/C16H16O6/c1-19-12-8-7-11(16(18)21-3)15-10(12)5-4-6-13(15)22-9-14(17)20-2/h4-8H,9H2,1-3H3. The number of methoxy groups -OCH3 is 3. The maximum atomic E-state index is 12.0. The maximum absolute atomic E-state index is 12.0. The molecule has 0 unspecified atom stereocenters. The average molecular weight is 304 g/mol. The third-order valence-corrected chi connectivity index (χ3v) is 3.16. The van der Waals surface area contributed by atoms with Gasteiger partial charge < -0.3 is 18.9 Å². The smallest absolute Gasteiger partial charge is 0.343 e. The lowest BCUT2D eigenvalue weighted by Crippen LogP contribution is -2.13. The van der Waals surface area contributed by atoms with Crippen molar-refractivity contribution < 1.29 is 28.5 Å². The van der Waals surface area contributed by atoms with E-state index in [2.05, 4.69) is 4.74 Å². The van der Waals surface area contributed by atoms with Crippen LogP contribution < -0.4 is 9.47 Å². The fourth-order valence-corrected chi connectivity index (χ4v) is 2.12. The minimum atomic E-state index is -0.514. The SMILES string of the molecule is COC(=O)COc1cccc2c(OC)ccc(C(=O)OC)c12. The van der Waals surface area contributed by atoms with Gasteiger partial charge in [-0.25, -0.2) is 9.59 Å². The summed E-state index contributed by atoms with van der Waals surface area (Å²) in [6.07, 6.45) is 0. The highest BCUT2D eigenvalue weighted by molar-refractivity contribution is 6.09. The van der Waals surface area contributed by atoms with Crippen LogP contribution in [0.5, 0.6) is 11.5 Å². The number of carbonyl (C=O) groups excluding carboxylic acids is 2. The van der Waals surface area contributed by atoms with Crippen LogP contribution in [0.1, 0.15) is 10.4 Å². The lowest BCUT2D eigenvalue weighted by Gasteiger charge is -2.13. The van der Waals surface area contributed by atoms with Crippen LogP contribution in [0.15, 0.2) is 30.3 Å². The number of fused-ring (bicyclic) bond motifs is 1. The summed E-state index contributed by atoms with van der Waals surface area (Å²) in [7, 11) is 4.11. The largest absolute Gasteiger partial charge is 0.496 e. The van der Waals surface area contributed by atoms with Gasteiger partial charge in [-0.2, -0.15) is 0 Å². The van der Waals surface area contributed by atoms with Gasteiger partial charge in [0.1, 0.15) is 11.5 Å². The molecule has 0 aliphatic carbocycles. The zero-order valence-electron chi connectivity index (χ0n) is 12.5. The van der Waals surface area contributed by atoms with Crippen molar-refractivity contribution >= 4 is 22.7 Å². The van der Waals surface area contributed by atoms with E-state index in [-0.39, 0.29) is 6.61 Å². The Kier molecular flexibility index (Phi) is 4.83. The van der Waals surface area contributed by atoms with Crippen molar-refractivity contribution in [2.24, 2.45) is 0 Å². The Bertz CT molecular complexity index is 707. The molecule has 0 atom stereocenters. The molecule has 6 nitrogen and oxygen atoms in total. The molecule has 2 aromatic carbocycles. The Hall–Kier alpha value is -2.76. The number of hydrogen-bond acceptors (Lipinski definition) is 6. The van der Waals surface area contributed by atoms with Crippen LogP contribution in [0.3, 0.4) is 0 Å². The van der Waals surface area contributed by atoms with Crippen LogP contribution in [0.4, 0.5) is 0 Å². The molecule has 0 N–H and O–H groups in total. The highest BCUT2D eigenvalue weighted by Gasteiger charge is 2.17. The molecule has 0 aliphatic heterocycles. The number of carbonyl (C=O) groups is 2. The molecule has 0 spiro atoms. The van der Waals surface area contributed by atoms with Gasteiger partial charge in [0.05, 0.1) is 26.9 Å². The van der Waals surface area contributed by atoms with E-state index in [9.17, 15) is 9.59 Å². The van der Waals surface area contributed by atoms with Crippen molar-refractivity contribution in [2.75, 3.05) is 27.9 Å². The first-order chi connectivity index (χ1) is 10.6. The quantitative estimate of drug-likeness (QED) is 0.789. The molecule has 0 fully saturated rings. The van der Waals surface area contributed by atoms with Crippen molar-refractivity contribution in [3.05, 3.63) is 35.9 Å². The highest BCUT2D eigenvalue weighted by atomic mass is 16.6. The fraction of sp³-hybridized carbons (Fsp3) is 0.250. The molecule has 0 amide bonds. The van der Waals surface area contributed by atoms with Crippen molar-refractivity contribution in [1.29, 1.82) is 0 Å². The summed E-state index contributed by atoms with van der Waals surface area (Å²) in [6.45, 7) is -0.257. The van der Waals surface area contributed by atoms with Crippen LogP contribution in [0.2, 0.25) is 0 Å². The van der Waals surface area contributed by atoms with E-state index in [1.54, 1.807) is 30.3 Å². The molecule has 22 heavy (non-hydrogen) atoms. The van der Waals surface area contributed by atoms with Gasteiger partial charge in [-0.1, -0.05) is 12.1 Å². The molecule has 0 saturated heterocycles. The van der Waals surface area contributed by atoms with E-state index in [1.807, 2.05) is 0 Å². The zero-order valence-corrected chi connectivity index (χ0v) is 12.5. The van der Waals surface area contributed by atoms with Crippen molar-refractivity contribution in [3.63, 3.8) is 0 Å². The third kappa shape index (κ3) is 2.95. The summed E-state index contributed by atoms with van der Waals surface area (Å²) in [5, 5.41) is 1.21. The predicted molar refractivity (Wildman–Crippen MR) is 79.4 cm³/mol. The van der Waals surface area contributed by atoms with E-state index in [0.717, 1.165) is 0 Å². The molecule has 0 bridgehead atoms. The zero-order chi connectivity index (χ0) is 16.1. The summed E-state index contributed by atoms with van der Waals surface area (Å²) in [4.78, 5) is 23.2. The molecular weight excluding hydrogens is 288 g/mol. The number of ether oxygens (including phenoxy) is 4. The number of rotatable bonds is 5. The summed E-state index contributed by atoms with van der Waals surface area (Å²) in [5.74, 6) is -0.0466. The van der Waals surface area contributed by atoms with Gasteiger partial charge >= 0.3 is 11.9 Å².